The van der Waals surface area contributed by atoms with Gasteiger partial charge in [0.15, 0.2) is 0 Å². The zero-order valence-corrected chi connectivity index (χ0v) is 12.1. The molecule has 2 atom stereocenters. The van der Waals surface area contributed by atoms with Crippen molar-refractivity contribution >= 4 is 0 Å². The van der Waals surface area contributed by atoms with Gasteiger partial charge in [-0.05, 0) is 37.0 Å². The molecule has 0 amide bonds. The molecule has 106 valence electrons. The van der Waals surface area contributed by atoms with E-state index in [1.54, 1.807) is 0 Å². The van der Waals surface area contributed by atoms with E-state index in [2.05, 4.69) is 19.2 Å². The van der Waals surface area contributed by atoms with Crippen molar-refractivity contribution in [2.45, 2.75) is 64.5 Å². The minimum Gasteiger partial charge on any atom is -0.381 e. The highest BCUT2D eigenvalue weighted by atomic mass is 16.5. The second kappa shape index (κ2) is 6.36. The van der Waals surface area contributed by atoms with Gasteiger partial charge in [-0.1, -0.05) is 26.7 Å². The number of nitrogens with one attached hydrogen (secondary N) is 1. The van der Waals surface area contributed by atoms with Crippen molar-refractivity contribution in [3.8, 4) is 0 Å². The molecule has 0 radical (unpaired) electrons. The van der Waals surface area contributed by atoms with Crippen LogP contribution >= 0.6 is 0 Å². The third-order valence-corrected chi connectivity index (χ3v) is 4.97. The minimum absolute atomic E-state index is 0.362. The average molecular weight is 254 g/mol. The Kier molecular flexibility index (Phi) is 5.05. The van der Waals surface area contributed by atoms with Gasteiger partial charge in [0.2, 0.25) is 0 Å². The number of rotatable bonds is 4. The van der Waals surface area contributed by atoms with E-state index in [-0.39, 0.29) is 0 Å². The summed E-state index contributed by atoms with van der Waals surface area (Å²) in [6, 6.07) is 0.905. The third kappa shape index (κ3) is 3.69. The largest absolute Gasteiger partial charge is 0.381 e. The summed E-state index contributed by atoms with van der Waals surface area (Å²) in [7, 11) is 0. The Morgan fingerprint density at radius 3 is 2.44 bits per heavy atom. The molecule has 1 heterocycles. The first-order chi connectivity index (χ1) is 8.59. The van der Waals surface area contributed by atoms with E-state index in [0.29, 0.717) is 17.5 Å². The van der Waals surface area contributed by atoms with Crippen LogP contribution < -0.4 is 11.1 Å². The van der Waals surface area contributed by atoms with Gasteiger partial charge in [0.25, 0.3) is 0 Å². The summed E-state index contributed by atoms with van der Waals surface area (Å²) in [5.41, 5.74) is 6.57. The van der Waals surface area contributed by atoms with Crippen molar-refractivity contribution in [2.24, 2.45) is 17.1 Å². The van der Waals surface area contributed by atoms with Crippen LogP contribution in [0.4, 0.5) is 0 Å². The van der Waals surface area contributed by atoms with E-state index in [1.165, 1.54) is 38.5 Å². The molecule has 2 rings (SSSR count). The van der Waals surface area contributed by atoms with Crippen molar-refractivity contribution in [1.82, 2.24) is 5.32 Å². The fourth-order valence-corrected chi connectivity index (χ4v) is 3.43. The maximum atomic E-state index is 6.20. The fourth-order valence-electron chi connectivity index (χ4n) is 3.43. The maximum absolute atomic E-state index is 6.20. The lowest BCUT2D eigenvalue weighted by atomic mass is 9.74. The maximum Gasteiger partial charge on any atom is 0.0468 e. The summed E-state index contributed by atoms with van der Waals surface area (Å²) in [4.78, 5) is 0. The van der Waals surface area contributed by atoms with Crippen molar-refractivity contribution < 1.29 is 4.74 Å². The first-order valence-corrected chi connectivity index (χ1v) is 7.66. The standard InChI is InChI=1S/C15H30N2O/c1-15(2,12-7-9-18-10-8-12)11-17-14-6-4-3-5-13(14)16/h12-14,17H,3-11,16H2,1-2H3. The van der Waals surface area contributed by atoms with Crippen LogP contribution in [0.25, 0.3) is 0 Å². The molecule has 3 N–H and O–H groups in total. The summed E-state index contributed by atoms with van der Waals surface area (Å²) in [5, 5.41) is 3.74. The molecule has 1 saturated carbocycles. The third-order valence-electron chi connectivity index (χ3n) is 4.97. The molecule has 1 saturated heterocycles. The fraction of sp³-hybridized carbons (Fsp3) is 1.00. The first-order valence-electron chi connectivity index (χ1n) is 7.66. The van der Waals surface area contributed by atoms with Crippen LogP contribution in [0, 0.1) is 11.3 Å². The molecule has 3 nitrogen and oxygen atoms in total. The predicted molar refractivity (Wildman–Crippen MR) is 75.6 cm³/mol. The van der Waals surface area contributed by atoms with Crippen LogP contribution in [0.15, 0.2) is 0 Å². The molecular weight excluding hydrogens is 224 g/mol. The summed E-state index contributed by atoms with van der Waals surface area (Å²) >= 11 is 0. The number of hydrogen-bond acceptors (Lipinski definition) is 3. The van der Waals surface area contributed by atoms with Gasteiger partial charge >= 0.3 is 0 Å². The van der Waals surface area contributed by atoms with E-state index in [4.69, 9.17) is 10.5 Å². The highest BCUT2D eigenvalue weighted by Crippen LogP contribution is 2.34. The smallest absolute Gasteiger partial charge is 0.0468 e. The van der Waals surface area contributed by atoms with Gasteiger partial charge in [0, 0.05) is 31.8 Å². The molecule has 0 aromatic carbocycles. The van der Waals surface area contributed by atoms with Crippen molar-refractivity contribution in [2.75, 3.05) is 19.8 Å². The minimum atomic E-state index is 0.362. The van der Waals surface area contributed by atoms with Crippen molar-refractivity contribution in [1.29, 1.82) is 0 Å². The van der Waals surface area contributed by atoms with Crippen LogP contribution in [0.3, 0.4) is 0 Å². The summed E-state index contributed by atoms with van der Waals surface area (Å²) in [5.74, 6) is 0.790. The SMILES string of the molecule is CC(C)(CNC1CCCCC1N)C1CCOCC1. The van der Waals surface area contributed by atoms with Gasteiger partial charge in [-0.2, -0.15) is 0 Å². The second-order valence-corrected chi connectivity index (χ2v) is 6.81. The molecule has 1 aliphatic heterocycles. The van der Waals surface area contributed by atoms with E-state index >= 15 is 0 Å². The Hall–Kier alpha value is -0.120. The van der Waals surface area contributed by atoms with Crippen LogP contribution in [-0.2, 0) is 4.74 Å². The first kappa shape index (κ1) is 14.3. The Morgan fingerprint density at radius 2 is 1.78 bits per heavy atom. The summed E-state index contributed by atoms with van der Waals surface area (Å²) in [6.45, 7) is 7.76. The van der Waals surface area contributed by atoms with Gasteiger partial charge in [-0.15, -0.1) is 0 Å². The monoisotopic (exact) mass is 254 g/mol. The highest BCUT2D eigenvalue weighted by Gasteiger charge is 2.32. The van der Waals surface area contributed by atoms with Gasteiger partial charge in [0.1, 0.15) is 0 Å². The van der Waals surface area contributed by atoms with Crippen LogP contribution in [0.1, 0.15) is 52.4 Å². The molecule has 2 aliphatic rings. The van der Waals surface area contributed by atoms with Gasteiger partial charge in [-0.25, -0.2) is 0 Å². The molecular formula is C15H30N2O. The van der Waals surface area contributed by atoms with Crippen LogP contribution in [0.2, 0.25) is 0 Å². The molecule has 2 unspecified atom stereocenters. The zero-order valence-electron chi connectivity index (χ0n) is 12.1. The zero-order chi connectivity index (χ0) is 13.0. The number of hydrogen-bond donors (Lipinski definition) is 2. The van der Waals surface area contributed by atoms with E-state index in [1.807, 2.05) is 0 Å². The average Bonchev–Trinajstić information content (AvgIpc) is 2.39. The van der Waals surface area contributed by atoms with Crippen LogP contribution in [0.5, 0.6) is 0 Å². The summed E-state index contributed by atoms with van der Waals surface area (Å²) < 4.78 is 5.47. The molecule has 0 bridgehead atoms. The van der Waals surface area contributed by atoms with E-state index < -0.39 is 0 Å². The quantitative estimate of drug-likeness (QED) is 0.809. The number of ether oxygens (including phenoxy) is 1. The van der Waals surface area contributed by atoms with E-state index in [9.17, 15) is 0 Å². The van der Waals surface area contributed by atoms with Gasteiger partial charge < -0.3 is 15.8 Å². The van der Waals surface area contributed by atoms with Gasteiger partial charge in [-0.3, -0.25) is 0 Å². The van der Waals surface area contributed by atoms with Crippen molar-refractivity contribution in [3.05, 3.63) is 0 Å². The molecule has 18 heavy (non-hydrogen) atoms. The highest BCUT2D eigenvalue weighted by molar-refractivity contribution is 4.88. The van der Waals surface area contributed by atoms with E-state index in [0.717, 1.165) is 25.7 Å². The lowest BCUT2D eigenvalue weighted by molar-refractivity contribution is 0.0213. The topological polar surface area (TPSA) is 47.3 Å². The molecule has 1 aliphatic carbocycles. The predicted octanol–water partition coefficient (Wildman–Crippen LogP) is 2.30. The lowest BCUT2D eigenvalue weighted by Crippen LogP contribution is -2.50. The summed E-state index contributed by atoms with van der Waals surface area (Å²) in [6.07, 6.45) is 7.52. The molecule has 0 aromatic rings. The van der Waals surface area contributed by atoms with Crippen LogP contribution in [-0.4, -0.2) is 31.8 Å². The number of nitrogens with two attached hydrogens (primary N) is 1. The Balaban J connectivity index is 1.79. The Labute approximate surface area is 112 Å². The molecule has 2 fully saturated rings. The van der Waals surface area contributed by atoms with Gasteiger partial charge in [0.05, 0.1) is 0 Å². The van der Waals surface area contributed by atoms with Crippen molar-refractivity contribution in [3.63, 3.8) is 0 Å². The normalized spacial score (nSPS) is 31.5. The molecule has 0 aromatic heterocycles. The Morgan fingerprint density at radius 1 is 1.11 bits per heavy atom. The molecule has 3 heteroatoms. The molecule has 0 spiro atoms. The second-order valence-electron chi connectivity index (χ2n) is 6.81. The Bertz CT molecular complexity index is 249. The lowest BCUT2D eigenvalue weighted by Gasteiger charge is -2.39.